The predicted octanol–water partition coefficient (Wildman–Crippen LogP) is 2.96. The van der Waals surface area contributed by atoms with Crippen LogP contribution in [-0.2, 0) is 23.0 Å². The zero-order valence-electron chi connectivity index (χ0n) is 16.1. The van der Waals surface area contributed by atoms with Crippen molar-refractivity contribution in [3.05, 3.63) is 66.0 Å². The molecular weight excluding hydrogens is 374 g/mol. The zero-order valence-corrected chi connectivity index (χ0v) is 16.9. The van der Waals surface area contributed by atoms with Gasteiger partial charge in [0, 0.05) is 38.6 Å². The maximum absolute atomic E-state index is 12.6. The topological polar surface area (TPSA) is 88.1 Å². The van der Waals surface area contributed by atoms with Crippen molar-refractivity contribution in [3.63, 3.8) is 0 Å². The van der Waals surface area contributed by atoms with Crippen LogP contribution in [0.15, 0.2) is 59.6 Å². The highest BCUT2D eigenvalue weighted by atomic mass is 32.2. The Labute approximate surface area is 165 Å². The Kier molecular flexibility index (Phi) is 6.01. The molecule has 0 atom stereocenters. The van der Waals surface area contributed by atoms with E-state index in [0.717, 1.165) is 12.1 Å². The summed E-state index contributed by atoms with van der Waals surface area (Å²) in [4.78, 5) is 13.7. The van der Waals surface area contributed by atoms with Gasteiger partial charge in [-0.15, -0.1) is 0 Å². The van der Waals surface area contributed by atoms with Gasteiger partial charge >= 0.3 is 0 Å². The molecule has 3 rings (SSSR count). The molecule has 0 spiro atoms. The van der Waals surface area contributed by atoms with Crippen molar-refractivity contribution in [2.45, 2.75) is 24.8 Å². The first-order valence-corrected chi connectivity index (χ1v) is 10.4. The molecule has 7 nitrogen and oxygen atoms in total. The second-order valence-electron chi connectivity index (χ2n) is 6.39. The second kappa shape index (κ2) is 8.45. The van der Waals surface area contributed by atoms with Crippen molar-refractivity contribution in [1.82, 2.24) is 19.3 Å². The van der Waals surface area contributed by atoms with Crippen LogP contribution in [0.2, 0.25) is 0 Å². The van der Waals surface area contributed by atoms with Gasteiger partial charge in [-0.05, 0) is 30.2 Å². The first-order valence-electron chi connectivity index (χ1n) is 8.95. The van der Waals surface area contributed by atoms with E-state index in [0.29, 0.717) is 29.4 Å². The van der Waals surface area contributed by atoms with Gasteiger partial charge in [0.2, 0.25) is 10.0 Å². The fraction of sp³-hybridized carbons (Fsp3) is 0.250. The first kappa shape index (κ1) is 19.9. The molecule has 2 aromatic heterocycles. The van der Waals surface area contributed by atoms with Gasteiger partial charge in [-0.2, -0.15) is 0 Å². The summed E-state index contributed by atoms with van der Waals surface area (Å²) in [6.45, 7) is 2.35. The molecule has 0 unspecified atom stereocenters. The number of aryl methyl sites for hydroxylation is 1. The number of nitrogens with one attached hydrogen (secondary N) is 1. The van der Waals surface area contributed by atoms with E-state index in [4.69, 9.17) is 0 Å². The smallest absolute Gasteiger partial charge is 0.242 e. The van der Waals surface area contributed by atoms with Crippen molar-refractivity contribution in [3.8, 4) is 11.5 Å². The summed E-state index contributed by atoms with van der Waals surface area (Å²) >= 11 is 0. The molecule has 2 heterocycles. The average Bonchev–Trinajstić information content (AvgIpc) is 2.72. The highest BCUT2D eigenvalue weighted by Gasteiger charge is 2.20. The molecular formula is C20H23N5O2S. The SMILES string of the molecule is CCc1cc(NCc2ccccc2S(=O)(=O)N(C)C)nc(-c2ccccn2)n1. The molecule has 28 heavy (non-hydrogen) atoms. The Hall–Kier alpha value is -2.84. The van der Waals surface area contributed by atoms with Gasteiger partial charge in [-0.3, -0.25) is 4.98 Å². The monoisotopic (exact) mass is 397 g/mol. The number of hydrogen-bond acceptors (Lipinski definition) is 6. The minimum Gasteiger partial charge on any atom is -0.366 e. The minimum absolute atomic E-state index is 0.280. The van der Waals surface area contributed by atoms with Gasteiger partial charge in [-0.25, -0.2) is 22.7 Å². The van der Waals surface area contributed by atoms with Crippen molar-refractivity contribution in [2.75, 3.05) is 19.4 Å². The van der Waals surface area contributed by atoms with Gasteiger partial charge in [0.15, 0.2) is 5.82 Å². The van der Waals surface area contributed by atoms with E-state index >= 15 is 0 Å². The highest BCUT2D eigenvalue weighted by molar-refractivity contribution is 7.89. The number of anilines is 1. The number of aromatic nitrogens is 3. The van der Waals surface area contributed by atoms with Crippen LogP contribution in [0.5, 0.6) is 0 Å². The standard InChI is InChI=1S/C20H23N5O2S/c1-4-16-13-19(24-20(23-16)17-10-7-8-12-21-17)22-14-15-9-5-6-11-18(15)28(26,27)25(2)3/h5-13H,4,14H2,1-3H3,(H,22,23,24). The van der Waals surface area contributed by atoms with Crippen molar-refractivity contribution in [2.24, 2.45) is 0 Å². The molecule has 0 aliphatic heterocycles. The molecule has 0 fully saturated rings. The summed E-state index contributed by atoms with van der Waals surface area (Å²) < 4.78 is 26.3. The Morgan fingerprint density at radius 3 is 2.46 bits per heavy atom. The van der Waals surface area contributed by atoms with E-state index in [9.17, 15) is 8.42 Å². The molecule has 0 radical (unpaired) electrons. The number of hydrogen-bond donors (Lipinski definition) is 1. The van der Waals surface area contributed by atoms with Crippen molar-refractivity contribution in [1.29, 1.82) is 0 Å². The highest BCUT2D eigenvalue weighted by Crippen LogP contribution is 2.21. The third kappa shape index (κ3) is 4.35. The minimum atomic E-state index is -3.53. The molecule has 1 N–H and O–H groups in total. The third-order valence-corrected chi connectivity index (χ3v) is 6.14. The fourth-order valence-corrected chi connectivity index (χ4v) is 3.78. The summed E-state index contributed by atoms with van der Waals surface area (Å²) in [7, 11) is -0.476. The van der Waals surface area contributed by atoms with E-state index in [1.165, 1.54) is 18.4 Å². The van der Waals surface area contributed by atoms with Gasteiger partial charge < -0.3 is 5.32 Å². The lowest BCUT2D eigenvalue weighted by molar-refractivity contribution is 0.520. The summed E-state index contributed by atoms with van der Waals surface area (Å²) in [5.74, 6) is 1.17. The molecule has 8 heteroatoms. The van der Waals surface area contributed by atoms with E-state index in [1.807, 2.05) is 37.3 Å². The normalized spacial score (nSPS) is 11.6. The van der Waals surface area contributed by atoms with E-state index in [-0.39, 0.29) is 4.90 Å². The van der Waals surface area contributed by atoms with Gasteiger partial charge in [-0.1, -0.05) is 31.2 Å². The van der Waals surface area contributed by atoms with Crippen molar-refractivity contribution >= 4 is 15.8 Å². The van der Waals surface area contributed by atoms with Crippen LogP contribution >= 0.6 is 0 Å². The number of pyridine rings is 1. The molecule has 0 bridgehead atoms. The lowest BCUT2D eigenvalue weighted by atomic mass is 10.2. The lowest BCUT2D eigenvalue weighted by Crippen LogP contribution is -2.23. The average molecular weight is 398 g/mol. The number of rotatable bonds is 7. The van der Waals surface area contributed by atoms with E-state index < -0.39 is 10.0 Å². The maximum Gasteiger partial charge on any atom is 0.242 e. The second-order valence-corrected chi connectivity index (χ2v) is 8.51. The number of sulfonamides is 1. The molecule has 0 saturated carbocycles. The van der Waals surface area contributed by atoms with Crippen LogP contribution in [0, 0.1) is 0 Å². The van der Waals surface area contributed by atoms with Crippen LogP contribution in [0.4, 0.5) is 5.82 Å². The molecule has 0 aliphatic carbocycles. The Morgan fingerprint density at radius 1 is 1.04 bits per heavy atom. The van der Waals surface area contributed by atoms with Crippen LogP contribution in [-0.4, -0.2) is 41.8 Å². The Morgan fingerprint density at radius 2 is 1.79 bits per heavy atom. The van der Waals surface area contributed by atoms with Gasteiger partial charge in [0.25, 0.3) is 0 Å². The van der Waals surface area contributed by atoms with Crippen LogP contribution in [0.1, 0.15) is 18.2 Å². The fourth-order valence-electron chi connectivity index (χ4n) is 2.66. The van der Waals surface area contributed by atoms with Crippen molar-refractivity contribution < 1.29 is 8.42 Å². The van der Waals surface area contributed by atoms with Crippen LogP contribution in [0.25, 0.3) is 11.5 Å². The largest absolute Gasteiger partial charge is 0.366 e. The molecule has 146 valence electrons. The summed E-state index contributed by atoms with van der Waals surface area (Å²) in [6.07, 6.45) is 2.45. The van der Waals surface area contributed by atoms with Gasteiger partial charge in [0.1, 0.15) is 11.5 Å². The summed E-state index contributed by atoms with van der Waals surface area (Å²) in [5, 5.41) is 3.24. The molecule has 0 amide bonds. The maximum atomic E-state index is 12.6. The van der Waals surface area contributed by atoms with Crippen LogP contribution < -0.4 is 5.32 Å². The Bertz CT molecular complexity index is 1050. The first-order chi connectivity index (χ1) is 13.4. The number of nitrogens with zero attached hydrogens (tertiary/aromatic N) is 4. The van der Waals surface area contributed by atoms with Crippen LogP contribution in [0.3, 0.4) is 0 Å². The van der Waals surface area contributed by atoms with E-state index in [2.05, 4.69) is 20.3 Å². The van der Waals surface area contributed by atoms with Gasteiger partial charge in [0.05, 0.1) is 4.90 Å². The van der Waals surface area contributed by atoms with E-state index in [1.54, 1.807) is 24.4 Å². The summed E-state index contributed by atoms with van der Waals surface area (Å²) in [6, 6.07) is 14.4. The quantitative estimate of drug-likeness (QED) is 0.659. The predicted molar refractivity (Wildman–Crippen MR) is 109 cm³/mol. The number of benzene rings is 1. The summed E-state index contributed by atoms with van der Waals surface area (Å²) in [5.41, 5.74) is 2.25. The molecule has 3 aromatic rings. The lowest BCUT2D eigenvalue weighted by Gasteiger charge is -2.16. The molecule has 0 saturated heterocycles. The Balaban J connectivity index is 1.90. The third-order valence-electron chi connectivity index (χ3n) is 4.23. The zero-order chi connectivity index (χ0) is 20.1. The molecule has 1 aromatic carbocycles. The molecule has 0 aliphatic rings.